The molecule has 0 saturated carbocycles. The fourth-order valence-electron chi connectivity index (χ4n) is 2.53. The van der Waals surface area contributed by atoms with Crippen LogP contribution in [-0.4, -0.2) is 27.7 Å². The van der Waals surface area contributed by atoms with Gasteiger partial charge >= 0.3 is 0 Å². The molecule has 0 spiro atoms. The van der Waals surface area contributed by atoms with Gasteiger partial charge in [0.1, 0.15) is 6.33 Å². The predicted octanol–water partition coefficient (Wildman–Crippen LogP) is 4.49. The number of hydrogen-bond donors (Lipinski definition) is 0. The van der Waals surface area contributed by atoms with Crippen LogP contribution < -0.4 is 4.90 Å². The molecule has 0 unspecified atom stereocenters. The van der Waals surface area contributed by atoms with Crippen molar-refractivity contribution >= 4 is 23.2 Å². The smallest absolute Gasteiger partial charge is 0.297 e. The second-order valence-electron chi connectivity index (χ2n) is 7.15. The zero-order chi connectivity index (χ0) is 18.9. The zero-order valence-electron chi connectivity index (χ0n) is 15.3. The largest absolute Gasteiger partial charge is 0.309 e. The summed E-state index contributed by atoms with van der Waals surface area (Å²) < 4.78 is 1.56. The minimum Gasteiger partial charge on any atom is -0.309 e. The van der Waals surface area contributed by atoms with Gasteiger partial charge in [-0.25, -0.2) is 9.67 Å². The van der Waals surface area contributed by atoms with E-state index in [0.717, 1.165) is 11.4 Å². The van der Waals surface area contributed by atoms with E-state index in [1.807, 2.05) is 36.4 Å². The molecular formula is C20H21ClN4O. The van der Waals surface area contributed by atoms with Crippen LogP contribution in [0.15, 0.2) is 54.9 Å². The van der Waals surface area contributed by atoms with Crippen molar-refractivity contribution in [3.05, 3.63) is 71.3 Å². The van der Waals surface area contributed by atoms with E-state index in [1.54, 1.807) is 28.8 Å². The summed E-state index contributed by atoms with van der Waals surface area (Å²) in [6, 6.07) is 15.1. The molecule has 2 aromatic carbocycles. The molecule has 0 radical (unpaired) electrons. The van der Waals surface area contributed by atoms with Crippen molar-refractivity contribution in [3.63, 3.8) is 0 Å². The molecule has 0 atom stereocenters. The summed E-state index contributed by atoms with van der Waals surface area (Å²) in [5.41, 5.74) is 2.87. The lowest BCUT2D eigenvalue weighted by molar-refractivity contribution is 0.0983. The average molecular weight is 369 g/mol. The summed E-state index contributed by atoms with van der Waals surface area (Å²) in [5, 5.41) is 4.93. The molecule has 1 heterocycles. The number of halogens is 1. The summed E-state index contributed by atoms with van der Waals surface area (Å²) in [5.74, 6) is -0.122. The quantitative estimate of drug-likeness (QED) is 0.684. The van der Waals surface area contributed by atoms with Crippen LogP contribution in [-0.2, 0) is 5.41 Å². The zero-order valence-corrected chi connectivity index (χ0v) is 16.0. The van der Waals surface area contributed by atoms with E-state index in [-0.39, 0.29) is 17.1 Å². The van der Waals surface area contributed by atoms with Gasteiger partial charge in [-0.05, 0) is 47.4 Å². The van der Waals surface area contributed by atoms with Crippen molar-refractivity contribution in [2.75, 3.05) is 11.9 Å². The van der Waals surface area contributed by atoms with E-state index >= 15 is 0 Å². The average Bonchev–Trinajstić information content (AvgIpc) is 3.10. The van der Waals surface area contributed by atoms with Gasteiger partial charge in [0.05, 0.1) is 5.69 Å². The highest BCUT2D eigenvalue weighted by Gasteiger charge is 2.19. The van der Waals surface area contributed by atoms with Gasteiger partial charge in [-0.2, -0.15) is 0 Å². The molecule has 1 amide bonds. The lowest BCUT2D eigenvalue weighted by atomic mass is 9.87. The Balaban J connectivity index is 1.80. The first kappa shape index (κ1) is 18.1. The summed E-state index contributed by atoms with van der Waals surface area (Å²) in [6.07, 6.45) is 1.52. The van der Waals surface area contributed by atoms with Gasteiger partial charge in [0, 0.05) is 17.8 Å². The summed E-state index contributed by atoms with van der Waals surface area (Å²) >= 11 is 5.90. The molecule has 134 valence electrons. The van der Waals surface area contributed by atoms with E-state index < -0.39 is 0 Å². The van der Waals surface area contributed by atoms with E-state index in [1.165, 1.54) is 11.9 Å². The Bertz CT molecular complexity index is 908. The molecule has 0 aliphatic rings. The highest BCUT2D eigenvalue weighted by Crippen LogP contribution is 2.25. The number of aromatic nitrogens is 3. The number of amides is 1. The molecule has 0 N–H and O–H groups in total. The number of hydrogen-bond acceptors (Lipinski definition) is 3. The molecule has 0 bridgehead atoms. The Morgan fingerprint density at radius 1 is 1.04 bits per heavy atom. The van der Waals surface area contributed by atoms with E-state index in [0.29, 0.717) is 5.02 Å². The van der Waals surface area contributed by atoms with Crippen molar-refractivity contribution in [2.24, 2.45) is 0 Å². The van der Waals surface area contributed by atoms with E-state index in [9.17, 15) is 4.79 Å². The van der Waals surface area contributed by atoms with Crippen molar-refractivity contribution in [2.45, 2.75) is 26.2 Å². The Labute approximate surface area is 158 Å². The Kier molecular flexibility index (Phi) is 4.83. The van der Waals surface area contributed by atoms with Gasteiger partial charge in [-0.15, -0.1) is 5.10 Å². The van der Waals surface area contributed by atoms with Gasteiger partial charge in [-0.1, -0.05) is 44.5 Å². The van der Waals surface area contributed by atoms with Gasteiger partial charge < -0.3 is 4.90 Å². The van der Waals surface area contributed by atoms with Gasteiger partial charge in [-0.3, -0.25) is 4.79 Å². The topological polar surface area (TPSA) is 51.0 Å². The van der Waals surface area contributed by atoms with Crippen LogP contribution in [0.3, 0.4) is 0 Å². The number of rotatable bonds is 3. The lowest BCUT2D eigenvalue weighted by Gasteiger charge is -2.21. The Morgan fingerprint density at radius 3 is 2.23 bits per heavy atom. The van der Waals surface area contributed by atoms with Gasteiger partial charge in [0.25, 0.3) is 5.91 Å². The Morgan fingerprint density at radius 2 is 1.65 bits per heavy atom. The summed E-state index contributed by atoms with van der Waals surface area (Å²) in [4.78, 5) is 18.4. The maximum atomic E-state index is 12.7. The first-order valence-corrected chi connectivity index (χ1v) is 8.70. The van der Waals surface area contributed by atoms with Crippen LogP contribution in [0.2, 0.25) is 5.02 Å². The fourth-order valence-corrected chi connectivity index (χ4v) is 2.66. The maximum Gasteiger partial charge on any atom is 0.297 e. The van der Waals surface area contributed by atoms with Crippen molar-refractivity contribution < 1.29 is 4.79 Å². The molecule has 1 aromatic heterocycles. The van der Waals surface area contributed by atoms with Crippen molar-refractivity contribution in [3.8, 4) is 5.69 Å². The summed E-state index contributed by atoms with van der Waals surface area (Å²) in [6.45, 7) is 6.47. The van der Waals surface area contributed by atoms with Crippen LogP contribution in [0, 0.1) is 0 Å². The number of anilines is 1. The third-order valence-corrected chi connectivity index (χ3v) is 4.45. The number of carbonyl (C=O) groups excluding carboxylic acids is 1. The first-order valence-electron chi connectivity index (χ1n) is 8.32. The molecule has 26 heavy (non-hydrogen) atoms. The molecule has 3 aromatic rings. The minimum absolute atomic E-state index is 0.0695. The molecule has 0 fully saturated rings. The minimum atomic E-state index is -0.263. The van der Waals surface area contributed by atoms with Gasteiger partial charge in [0.15, 0.2) is 0 Å². The lowest BCUT2D eigenvalue weighted by Crippen LogP contribution is -2.27. The monoisotopic (exact) mass is 368 g/mol. The highest BCUT2D eigenvalue weighted by atomic mass is 35.5. The third kappa shape index (κ3) is 3.78. The Hall–Kier alpha value is -2.66. The van der Waals surface area contributed by atoms with Crippen LogP contribution in [0.4, 0.5) is 5.69 Å². The SMILES string of the molecule is CN(C(=O)c1ncn(-c2ccc(Cl)cc2)n1)c1ccc(C(C)(C)C)cc1. The fraction of sp³-hybridized carbons (Fsp3) is 0.250. The van der Waals surface area contributed by atoms with E-state index in [4.69, 9.17) is 11.6 Å². The maximum absolute atomic E-state index is 12.7. The molecular weight excluding hydrogens is 348 g/mol. The molecule has 5 nitrogen and oxygen atoms in total. The standard InChI is InChI=1S/C20H21ClN4O/c1-20(2,3)14-5-9-16(10-6-14)24(4)19(26)18-22-13-25(23-18)17-11-7-15(21)8-12-17/h5-13H,1-4H3. The van der Waals surface area contributed by atoms with Crippen LogP contribution in [0.1, 0.15) is 37.0 Å². The number of carbonyl (C=O) groups is 1. The third-order valence-electron chi connectivity index (χ3n) is 4.20. The first-order chi connectivity index (χ1) is 12.3. The molecule has 0 aliphatic heterocycles. The molecule has 3 rings (SSSR count). The molecule has 0 saturated heterocycles. The van der Waals surface area contributed by atoms with Gasteiger partial charge in [0.2, 0.25) is 5.82 Å². The molecule has 6 heteroatoms. The summed E-state index contributed by atoms with van der Waals surface area (Å²) in [7, 11) is 1.72. The second-order valence-corrected chi connectivity index (χ2v) is 7.59. The van der Waals surface area contributed by atoms with E-state index in [2.05, 4.69) is 30.9 Å². The van der Waals surface area contributed by atoms with Crippen LogP contribution >= 0.6 is 11.6 Å². The normalized spacial score (nSPS) is 11.4. The highest BCUT2D eigenvalue weighted by molar-refractivity contribution is 6.30. The van der Waals surface area contributed by atoms with Crippen molar-refractivity contribution in [1.29, 1.82) is 0 Å². The predicted molar refractivity (Wildman–Crippen MR) is 104 cm³/mol. The van der Waals surface area contributed by atoms with Crippen LogP contribution in [0.5, 0.6) is 0 Å². The van der Waals surface area contributed by atoms with Crippen LogP contribution in [0.25, 0.3) is 5.69 Å². The number of benzene rings is 2. The van der Waals surface area contributed by atoms with Crippen molar-refractivity contribution in [1.82, 2.24) is 14.8 Å². The number of nitrogens with zero attached hydrogens (tertiary/aromatic N) is 4. The second kappa shape index (κ2) is 6.92. The molecule has 0 aliphatic carbocycles.